The summed E-state index contributed by atoms with van der Waals surface area (Å²) < 4.78 is 4.97. The van der Waals surface area contributed by atoms with E-state index in [1.54, 1.807) is 30.9 Å². The standard InChI is InChI=1S/C11H11N3O2S/c1-2-16-11(15)9-7(6-17-10(9)12)8-5-13-3-4-14-8/h3-6H,2,12H2,1H3. The van der Waals surface area contributed by atoms with Crippen LogP contribution in [0.1, 0.15) is 17.3 Å². The van der Waals surface area contributed by atoms with Crippen molar-refractivity contribution in [1.82, 2.24) is 9.97 Å². The van der Waals surface area contributed by atoms with Crippen molar-refractivity contribution in [3.05, 3.63) is 29.5 Å². The number of nitrogens with zero attached hydrogens (tertiary/aromatic N) is 2. The molecule has 0 aliphatic carbocycles. The molecule has 0 atom stereocenters. The van der Waals surface area contributed by atoms with Gasteiger partial charge in [0.15, 0.2) is 0 Å². The normalized spacial score (nSPS) is 10.2. The summed E-state index contributed by atoms with van der Waals surface area (Å²) in [6.45, 7) is 2.07. The number of nitrogens with two attached hydrogens (primary N) is 1. The van der Waals surface area contributed by atoms with Gasteiger partial charge < -0.3 is 10.5 Å². The lowest BCUT2D eigenvalue weighted by Gasteiger charge is -2.04. The fraction of sp³-hybridized carbons (Fsp3) is 0.182. The van der Waals surface area contributed by atoms with Crippen molar-refractivity contribution in [2.24, 2.45) is 0 Å². The van der Waals surface area contributed by atoms with Crippen LogP contribution in [0.3, 0.4) is 0 Å². The van der Waals surface area contributed by atoms with E-state index < -0.39 is 5.97 Å². The first kappa shape index (κ1) is 11.5. The van der Waals surface area contributed by atoms with E-state index in [4.69, 9.17) is 10.5 Å². The Balaban J connectivity index is 2.46. The molecule has 88 valence electrons. The van der Waals surface area contributed by atoms with Crippen LogP contribution in [0.5, 0.6) is 0 Å². The first-order valence-corrected chi connectivity index (χ1v) is 5.92. The molecule has 2 heterocycles. The second-order valence-electron chi connectivity index (χ2n) is 3.20. The number of hydrogen-bond donors (Lipinski definition) is 1. The van der Waals surface area contributed by atoms with Crippen molar-refractivity contribution < 1.29 is 9.53 Å². The van der Waals surface area contributed by atoms with Gasteiger partial charge in [0.25, 0.3) is 0 Å². The predicted molar refractivity (Wildman–Crippen MR) is 65.7 cm³/mol. The van der Waals surface area contributed by atoms with Gasteiger partial charge in [-0.1, -0.05) is 0 Å². The van der Waals surface area contributed by atoms with Crippen molar-refractivity contribution in [2.45, 2.75) is 6.92 Å². The molecule has 2 aromatic heterocycles. The average Bonchev–Trinajstić information content (AvgIpc) is 2.73. The summed E-state index contributed by atoms with van der Waals surface area (Å²) in [6, 6.07) is 0. The lowest BCUT2D eigenvalue weighted by atomic mass is 10.1. The van der Waals surface area contributed by atoms with Crippen molar-refractivity contribution in [2.75, 3.05) is 12.3 Å². The highest BCUT2D eigenvalue weighted by Gasteiger charge is 2.20. The summed E-state index contributed by atoms with van der Waals surface area (Å²) in [6.07, 6.45) is 4.73. The molecule has 2 N–H and O–H groups in total. The minimum absolute atomic E-state index is 0.314. The van der Waals surface area contributed by atoms with E-state index in [2.05, 4.69) is 9.97 Å². The van der Waals surface area contributed by atoms with Crippen molar-refractivity contribution in [1.29, 1.82) is 0 Å². The molecule has 17 heavy (non-hydrogen) atoms. The zero-order valence-corrected chi connectivity index (χ0v) is 10.0. The summed E-state index contributed by atoms with van der Waals surface area (Å²) >= 11 is 1.29. The highest BCUT2D eigenvalue weighted by molar-refractivity contribution is 7.14. The Kier molecular flexibility index (Phi) is 3.34. The third kappa shape index (κ3) is 2.26. The molecular formula is C11H11N3O2S. The number of rotatable bonds is 3. The molecule has 5 nitrogen and oxygen atoms in total. The molecule has 2 rings (SSSR count). The molecule has 0 spiro atoms. The number of ether oxygens (including phenoxy) is 1. The Morgan fingerprint density at radius 3 is 3.00 bits per heavy atom. The van der Waals surface area contributed by atoms with Crippen molar-refractivity contribution in [3.63, 3.8) is 0 Å². The molecule has 0 unspecified atom stereocenters. The van der Waals surface area contributed by atoms with Crippen molar-refractivity contribution in [3.8, 4) is 11.3 Å². The van der Waals surface area contributed by atoms with Gasteiger partial charge >= 0.3 is 5.97 Å². The molecule has 0 fully saturated rings. The number of anilines is 1. The topological polar surface area (TPSA) is 78.1 Å². The molecule has 0 aromatic carbocycles. The third-order valence-electron chi connectivity index (χ3n) is 2.14. The predicted octanol–water partition coefficient (Wildman–Crippen LogP) is 1.96. The molecule has 0 aliphatic rings. The molecule has 0 aliphatic heterocycles. The molecule has 0 saturated heterocycles. The fourth-order valence-corrected chi connectivity index (χ4v) is 2.21. The SMILES string of the molecule is CCOC(=O)c1c(-c2cnccn2)csc1N. The van der Waals surface area contributed by atoms with E-state index in [1.165, 1.54) is 11.3 Å². The zero-order valence-electron chi connectivity index (χ0n) is 9.21. The molecule has 0 radical (unpaired) electrons. The first-order valence-electron chi connectivity index (χ1n) is 5.04. The van der Waals surface area contributed by atoms with Crippen LogP contribution in [0.4, 0.5) is 5.00 Å². The second-order valence-corrected chi connectivity index (χ2v) is 4.11. The Morgan fingerprint density at radius 2 is 2.35 bits per heavy atom. The van der Waals surface area contributed by atoms with Crippen LogP contribution in [-0.4, -0.2) is 22.5 Å². The Hall–Kier alpha value is -1.95. The van der Waals surface area contributed by atoms with Gasteiger partial charge in [0, 0.05) is 23.3 Å². The fourth-order valence-electron chi connectivity index (χ4n) is 1.41. The van der Waals surface area contributed by atoms with Gasteiger partial charge in [-0.05, 0) is 6.92 Å². The maximum atomic E-state index is 11.8. The van der Waals surface area contributed by atoms with E-state index in [9.17, 15) is 4.79 Å². The van der Waals surface area contributed by atoms with Crippen LogP contribution in [0.2, 0.25) is 0 Å². The van der Waals surface area contributed by atoms with Gasteiger partial charge in [-0.25, -0.2) is 4.79 Å². The van der Waals surface area contributed by atoms with Crippen LogP contribution in [-0.2, 0) is 4.74 Å². The van der Waals surface area contributed by atoms with Crippen LogP contribution >= 0.6 is 11.3 Å². The summed E-state index contributed by atoms with van der Waals surface area (Å²) in [5, 5.41) is 2.22. The highest BCUT2D eigenvalue weighted by atomic mass is 32.1. The van der Waals surface area contributed by atoms with Crippen LogP contribution in [0, 0.1) is 0 Å². The van der Waals surface area contributed by atoms with Gasteiger partial charge in [-0.3, -0.25) is 9.97 Å². The summed E-state index contributed by atoms with van der Waals surface area (Å²) in [4.78, 5) is 19.9. The van der Waals surface area contributed by atoms with Gasteiger partial charge in [0.1, 0.15) is 10.6 Å². The molecule has 0 saturated carbocycles. The highest BCUT2D eigenvalue weighted by Crippen LogP contribution is 2.32. The number of thiophene rings is 1. The maximum Gasteiger partial charge on any atom is 0.341 e. The molecule has 0 amide bonds. The van der Waals surface area contributed by atoms with Crippen molar-refractivity contribution >= 4 is 22.3 Å². The Bertz CT molecular complexity index is 525. The molecule has 6 heteroatoms. The van der Waals surface area contributed by atoms with Gasteiger partial charge in [0.05, 0.1) is 18.5 Å². The van der Waals surface area contributed by atoms with Crippen LogP contribution in [0.15, 0.2) is 24.0 Å². The Labute approximate surface area is 102 Å². The average molecular weight is 249 g/mol. The van der Waals surface area contributed by atoms with Gasteiger partial charge in [-0.15, -0.1) is 11.3 Å². The molecule has 0 bridgehead atoms. The largest absolute Gasteiger partial charge is 0.462 e. The summed E-state index contributed by atoms with van der Waals surface area (Å²) in [5.41, 5.74) is 7.43. The quantitative estimate of drug-likeness (QED) is 0.841. The van der Waals surface area contributed by atoms with E-state index in [-0.39, 0.29) is 0 Å². The molecular weight excluding hydrogens is 238 g/mol. The smallest absolute Gasteiger partial charge is 0.341 e. The number of carbonyl (C=O) groups is 1. The van der Waals surface area contributed by atoms with E-state index in [0.29, 0.717) is 28.4 Å². The van der Waals surface area contributed by atoms with Crippen LogP contribution < -0.4 is 5.73 Å². The minimum Gasteiger partial charge on any atom is -0.462 e. The third-order valence-corrected chi connectivity index (χ3v) is 2.95. The van der Waals surface area contributed by atoms with E-state index in [0.717, 1.165) is 0 Å². The number of esters is 1. The maximum absolute atomic E-state index is 11.8. The van der Waals surface area contributed by atoms with Gasteiger partial charge in [0.2, 0.25) is 0 Å². The second kappa shape index (κ2) is 4.92. The zero-order chi connectivity index (χ0) is 12.3. The van der Waals surface area contributed by atoms with E-state index >= 15 is 0 Å². The lowest BCUT2D eigenvalue weighted by Crippen LogP contribution is -2.07. The number of carbonyl (C=O) groups excluding carboxylic acids is 1. The van der Waals surface area contributed by atoms with Gasteiger partial charge in [-0.2, -0.15) is 0 Å². The number of hydrogen-bond acceptors (Lipinski definition) is 6. The first-order chi connectivity index (χ1) is 8.24. The number of nitrogen functional groups attached to an aromatic ring is 1. The van der Waals surface area contributed by atoms with Crippen LogP contribution in [0.25, 0.3) is 11.3 Å². The minimum atomic E-state index is -0.424. The number of aromatic nitrogens is 2. The Morgan fingerprint density at radius 1 is 1.53 bits per heavy atom. The van der Waals surface area contributed by atoms with E-state index in [1.807, 2.05) is 0 Å². The summed E-state index contributed by atoms with van der Waals surface area (Å²) in [5.74, 6) is -0.424. The summed E-state index contributed by atoms with van der Waals surface area (Å²) in [7, 11) is 0. The monoisotopic (exact) mass is 249 g/mol. The molecule has 2 aromatic rings. The lowest BCUT2D eigenvalue weighted by molar-refractivity contribution is 0.0529.